The van der Waals surface area contributed by atoms with Crippen molar-refractivity contribution in [2.75, 3.05) is 52.9 Å². The molecular formula is C22H29F3N2O7. The van der Waals surface area contributed by atoms with Crippen LogP contribution < -0.4 is 9.47 Å². The number of alkyl halides is 3. The van der Waals surface area contributed by atoms with Crippen LogP contribution in [0, 0.1) is 5.92 Å². The Morgan fingerprint density at radius 2 is 1.71 bits per heavy atom. The van der Waals surface area contributed by atoms with Crippen molar-refractivity contribution < 1.29 is 46.8 Å². The van der Waals surface area contributed by atoms with E-state index in [1.165, 1.54) is 5.56 Å². The van der Waals surface area contributed by atoms with Crippen LogP contribution in [0.3, 0.4) is 0 Å². The number of morpholine rings is 1. The molecule has 0 spiro atoms. The Balaban J connectivity index is 0.000000406. The Morgan fingerprint density at radius 3 is 2.38 bits per heavy atom. The molecule has 3 aliphatic rings. The summed E-state index contributed by atoms with van der Waals surface area (Å²) in [4.78, 5) is 25.9. The summed E-state index contributed by atoms with van der Waals surface area (Å²) in [6.45, 7) is 8.16. The van der Waals surface area contributed by atoms with Crippen LogP contribution in [0.1, 0.15) is 18.9 Å². The van der Waals surface area contributed by atoms with Gasteiger partial charge in [-0.1, -0.05) is 6.07 Å². The van der Waals surface area contributed by atoms with Crippen molar-refractivity contribution in [2.45, 2.75) is 32.1 Å². The highest BCUT2D eigenvalue weighted by Gasteiger charge is 2.38. The first-order valence-corrected chi connectivity index (χ1v) is 11.0. The van der Waals surface area contributed by atoms with Crippen molar-refractivity contribution >= 4 is 11.9 Å². The van der Waals surface area contributed by atoms with Gasteiger partial charge in [0.25, 0.3) is 0 Å². The van der Waals surface area contributed by atoms with E-state index in [4.69, 9.17) is 28.8 Å². The molecule has 2 fully saturated rings. The number of hydrogen-bond donors (Lipinski definition) is 1. The fourth-order valence-corrected chi connectivity index (χ4v) is 3.95. The van der Waals surface area contributed by atoms with E-state index in [2.05, 4.69) is 24.0 Å². The van der Waals surface area contributed by atoms with Crippen LogP contribution in [0.5, 0.6) is 11.5 Å². The van der Waals surface area contributed by atoms with Gasteiger partial charge in [-0.2, -0.15) is 13.2 Å². The zero-order valence-corrected chi connectivity index (χ0v) is 18.9. The molecule has 4 rings (SSSR count). The molecule has 1 amide bonds. The first kappa shape index (κ1) is 26.0. The standard InChI is InChI=1S/C20H28N2O5.C2HF3O2/c1-15-17(11-20(23)21-4-7-24-8-5-21)13-25-9-6-22(15)12-16-2-3-18-19(10-16)27-14-26-18;3-2(4,5)1(6)7/h2-3,10,15,17H,4-9,11-14H2,1H3;(H,6,7)/t15-,17+;/m1./s1. The minimum Gasteiger partial charge on any atom is -0.475 e. The second-order valence-corrected chi connectivity index (χ2v) is 8.23. The maximum atomic E-state index is 12.7. The maximum absolute atomic E-state index is 12.7. The van der Waals surface area contributed by atoms with Gasteiger partial charge in [-0.05, 0) is 24.6 Å². The Kier molecular flexibility index (Phi) is 8.97. The van der Waals surface area contributed by atoms with Gasteiger partial charge in [0.2, 0.25) is 12.7 Å². The van der Waals surface area contributed by atoms with Gasteiger partial charge in [-0.25, -0.2) is 4.79 Å². The predicted molar refractivity (Wildman–Crippen MR) is 112 cm³/mol. The number of benzene rings is 1. The zero-order valence-electron chi connectivity index (χ0n) is 18.9. The van der Waals surface area contributed by atoms with Crippen molar-refractivity contribution in [1.29, 1.82) is 0 Å². The highest BCUT2D eigenvalue weighted by atomic mass is 19.4. The number of carbonyl (C=O) groups is 2. The van der Waals surface area contributed by atoms with E-state index in [-0.39, 0.29) is 17.9 Å². The molecule has 9 nitrogen and oxygen atoms in total. The van der Waals surface area contributed by atoms with Gasteiger partial charge < -0.3 is 29.0 Å². The van der Waals surface area contributed by atoms with E-state index in [0.717, 1.165) is 24.6 Å². The molecule has 190 valence electrons. The van der Waals surface area contributed by atoms with Crippen molar-refractivity contribution in [1.82, 2.24) is 9.80 Å². The number of carboxylic acid groups (broad SMARTS) is 1. The van der Waals surface area contributed by atoms with E-state index in [0.29, 0.717) is 52.7 Å². The molecule has 34 heavy (non-hydrogen) atoms. The highest BCUT2D eigenvalue weighted by molar-refractivity contribution is 5.76. The van der Waals surface area contributed by atoms with E-state index < -0.39 is 12.1 Å². The van der Waals surface area contributed by atoms with E-state index >= 15 is 0 Å². The summed E-state index contributed by atoms with van der Waals surface area (Å²) in [5, 5.41) is 7.12. The number of rotatable bonds is 4. The average molecular weight is 490 g/mol. The summed E-state index contributed by atoms with van der Waals surface area (Å²) >= 11 is 0. The molecule has 2 atom stereocenters. The number of hydrogen-bond acceptors (Lipinski definition) is 7. The van der Waals surface area contributed by atoms with Crippen LogP contribution in [0.15, 0.2) is 18.2 Å². The lowest BCUT2D eigenvalue weighted by Gasteiger charge is -2.33. The number of aliphatic carboxylic acids is 1. The van der Waals surface area contributed by atoms with Crippen LogP contribution in [0.4, 0.5) is 13.2 Å². The van der Waals surface area contributed by atoms with Gasteiger partial charge in [-0.15, -0.1) is 0 Å². The van der Waals surface area contributed by atoms with Crippen LogP contribution in [0.2, 0.25) is 0 Å². The molecule has 0 radical (unpaired) electrons. The molecule has 1 aromatic carbocycles. The minimum absolute atomic E-state index is 0.192. The monoisotopic (exact) mass is 490 g/mol. The number of carboxylic acids is 1. The lowest BCUT2D eigenvalue weighted by atomic mass is 9.95. The van der Waals surface area contributed by atoms with Crippen molar-refractivity contribution in [3.05, 3.63) is 23.8 Å². The van der Waals surface area contributed by atoms with Gasteiger partial charge in [0.1, 0.15) is 0 Å². The fraction of sp³-hybridized carbons (Fsp3) is 0.636. The molecule has 12 heteroatoms. The van der Waals surface area contributed by atoms with Crippen LogP contribution >= 0.6 is 0 Å². The van der Waals surface area contributed by atoms with Gasteiger partial charge in [0, 0.05) is 44.6 Å². The molecule has 3 aliphatic heterocycles. The van der Waals surface area contributed by atoms with Crippen molar-refractivity contribution in [3.8, 4) is 11.5 Å². The predicted octanol–water partition coefficient (Wildman–Crippen LogP) is 2.13. The molecule has 0 aliphatic carbocycles. The number of amides is 1. The van der Waals surface area contributed by atoms with Crippen LogP contribution in [0.25, 0.3) is 0 Å². The quantitative estimate of drug-likeness (QED) is 0.686. The number of halogens is 3. The van der Waals surface area contributed by atoms with Gasteiger partial charge in [0.05, 0.1) is 26.4 Å². The zero-order chi connectivity index (χ0) is 24.7. The molecule has 0 unspecified atom stereocenters. The molecule has 0 aromatic heterocycles. The van der Waals surface area contributed by atoms with Gasteiger partial charge >= 0.3 is 12.1 Å². The highest BCUT2D eigenvalue weighted by Crippen LogP contribution is 2.33. The smallest absolute Gasteiger partial charge is 0.475 e. The first-order chi connectivity index (χ1) is 16.1. The van der Waals surface area contributed by atoms with Crippen molar-refractivity contribution in [2.24, 2.45) is 5.92 Å². The van der Waals surface area contributed by atoms with E-state index in [1.807, 2.05) is 11.0 Å². The molecule has 0 bridgehead atoms. The van der Waals surface area contributed by atoms with E-state index in [9.17, 15) is 18.0 Å². The lowest BCUT2D eigenvalue weighted by Crippen LogP contribution is -2.44. The Morgan fingerprint density at radius 1 is 1.06 bits per heavy atom. The Labute approximate surface area is 195 Å². The summed E-state index contributed by atoms with van der Waals surface area (Å²) in [7, 11) is 0. The lowest BCUT2D eigenvalue weighted by molar-refractivity contribution is -0.192. The number of ether oxygens (including phenoxy) is 4. The van der Waals surface area contributed by atoms with Crippen LogP contribution in [-0.4, -0.2) is 91.9 Å². The maximum Gasteiger partial charge on any atom is 0.490 e. The molecule has 1 N–H and O–H groups in total. The molecule has 3 heterocycles. The molecule has 1 aromatic rings. The number of fused-ring (bicyclic) bond motifs is 1. The summed E-state index contributed by atoms with van der Waals surface area (Å²) in [6, 6.07) is 6.37. The normalized spacial score (nSPS) is 23.0. The summed E-state index contributed by atoms with van der Waals surface area (Å²) in [5.74, 6) is -0.738. The molecule has 2 saturated heterocycles. The summed E-state index contributed by atoms with van der Waals surface area (Å²) in [6.07, 6.45) is -4.56. The summed E-state index contributed by atoms with van der Waals surface area (Å²) in [5.41, 5.74) is 1.19. The second-order valence-electron chi connectivity index (χ2n) is 8.23. The molecular weight excluding hydrogens is 461 g/mol. The van der Waals surface area contributed by atoms with E-state index in [1.54, 1.807) is 0 Å². The minimum atomic E-state index is -5.08. The Hall–Kier alpha value is -2.57. The third kappa shape index (κ3) is 7.21. The van der Waals surface area contributed by atoms with Crippen molar-refractivity contribution in [3.63, 3.8) is 0 Å². The largest absolute Gasteiger partial charge is 0.490 e. The van der Waals surface area contributed by atoms with Crippen LogP contribution in [-0.2, 0) is 25.6 Å². The summed E-state index contributed by atoms with van der Waals surface area (Å²) < 4.78 is 53.8. The Bertz CT molecular complexity index is 846. The number of nitrogens with zero attached hydrogens (tertiary/aromatic N) is 2. The van der Waals surface area contributed by atoms with Gasteiger partial charge in [-0.3, -0.25) is 9.69 Å². The first-order valence-electron chi connectivity index (χ1n) is 11.0. The van der Waals surface area contributed by atoms with Gasteiger partial charge in [0.15, 0.2) is 11.5 Å². The molecule has 0 saturated carbocycles. The number of carbonyl (C=O) groups excluding carboxylic acids is 1. The third-order valence-corrected chi connectivity index (χ3v) is 5.98. The SMILES string of the molecule is C[C@@H]1[C@@H](CC(=O)N2CCOCC2)COCCN1Cc1ccc2c(c1)OCO2.O=C(O)C(F)(F)F. The topological polar surface area (TPSA) is 97.8 Å². The second kappa shape index (κ2) is 11.7. The third-order valence-electron chi connectivity index (χ3n) is 5.98. The average Bonchev–Trinajstić information content (AvgIpc) is 3.21. The fourth-order valence-electron chi connectivity index (χ4n) is 3.95.